The first kappa shape index (κ1) is 24.6. The standard InChI is InChI=1S/C31H31N7O3/c1-39-30-5-2-19(9-34-30)12-37-22-6-23(37)14-36(13-22)29-4-3-20(10-33-29)25-7-24(15-38-31(25)21(8-32)11-35-38)41-18-28-26-16-40-17-27(26)28/h2-5,7,9-11,15,22-23,26-28H,6,12-14,16-18H2,1H3. The van der Waals surface area contributed by atoms with Crippen molar-refractivity contribution in [2.45, 2.75) is 25.0 Å². The lowest BCUT2D eigenvalue weighted by Gasteiger charge is -2.56. The number of fused-ring (bicyclic) bond motifs is 4. The van der Waals surface area contributed by atoms with Gasteiger partial charge in [0.05, 0.1) is 50.4 Å². The van der Waals surface area contributed by atoms with Crippen LogP contribution in [-0.4, -0.2) is 76.6 Å². The minimum absolute atomic E-state index is 0.508. The molecule has 5 fully saturated rings. The maximum absolute atomic E-state index is 9.74. The molecule has 8 heterocycles. The molecule has 0 radical (unpaired) electrons. The van der Waals surface area contributed by atoms with Crippen LogP contribution in [0.25, 0.3) is 16.6 Å². The Bertz CT molecular complexity index is 1610. The Morgan fingerprint density at radius 3 is 2.61 bits per heavy atom. The predicted octanol–water partition coefficient (Wildman–Crippen LogP) is 3.41. The number of nitriles is 1. The lowest BCUT2D eigenvalue weighted by Crippen LogP contribution is -2.68. The highest BCUT2D eigenvalue weighted by molar-refractivity contribution is 5.85. The molecule has 4 saturated heterocycles. The summed E-state index contributed by atoms with van der Waals surface area (Å²) in [6.07, 6.45) is 8.51. The SMILES string of the molecule is COc1ccc(CN2C3CC2CN(c2ccc(-c4cc(OCC5C6COCC65)cn5ncc(C#N)c45)cn2)C3)cn1. The molecule has 10 nitrogen and oxygen atoms in total. The monoisotopic (exact) mass is 549 g/mol. The molecule has 9 rings (SSSR count). The Hall–Kier alpha value is -4.20. The van der Waals surface area contributed by atoms with E-state index in [1.165, 1.54) is 12.0 Å². The molecule has 10 heteroatoms. The summed E-state index contributed by atoms with van der Waals surface area (Å²) >= 11 is 0. The van der Waals surface area contributed by atoms with Crippen LogP contribution in [0.5, 0.6) is 11.6 Å². The van der Waals surface area contributed by atoms with Crippen molar-refractivity contribution in [2.75, 3.05) is 44.9 Å². The van der Waals surface area contributed by atoms with Crippen molar-refractivity contribution in [3.8, 4) is 28.8 Å². The highest BCUT2D eigenvalue weighted by Crippen LogP contribution is 2.50. The molecular formula is C31H31N7O3. The number of anilines is 1. The minimum Gasteiger partial charge on any atom is -0.492 e. The van der Waals surface area contributed by atoms with E-state index >= 15 is 0 Å². The third kappa shape index (κ3) is 4.28. The first-order chi connectivity index (χ1) is 20.2. The number of hydrogen-bond acceptors (Lipinski definition) is 9. The van der Waals surface area contributed by atoms with Gasteiger partial charge in [0.25, 0.3) is 0 Å². The fraction of sp³-hybridized carbons (Fsp3) is 0.419. The second kappa shape index (κ2) is 9.72. The van der Waals surface area contributed by atoms with E-state index in [4.69, 9.17) is 19.2 Å². The van der Waals surface area contributed by atoms with Crippen molar-refractivity contribution in [1.29, 1.82) is 5.26 Å². The summed E-state index contributed by atoms with van der Waals surface area (Å²) in [6.45, 7) is 5.19. The normalized spacial score (nSPS) is 26.3. The van der Waals surface area contributed by atoms with Crippen LogP contribution < -0.4 is 14.4 Å². The topological polar surface area (TPSA) is 101 Å². The fourth-order valence-corrected chi connectivity index (χ4v) is 6.98. The molecule has 1 saturated carbocycles. The molecule has 2 bridgehead atoms. The Labute approximate surface area is 238 Å². The second-order valence-electron chi connectivity index (χ2n) is 11.6. The molecule has 5 aliphatic rings. The van der Waals surface area contributed by atoms with Crippen LogP contribution in [0.4, 0.5) is 5.82 Å². The van der Waals surface area contributed by atoms with E-state index < -0.39 is 0 Å². The molecule has 41 heavy (non-hydrogen) atoms. The number of piperazine rings is 1. The van der Waals surface area contributed by atoms with Gasteiger partial charge in [-0.25, -0.2) is 14.5 Å². The Morgan fingerprint density at radius 2 is 1.90 bits per heavy atom. The van der Waals surface area contributed by atoms with Crippen LogP contribution in [0.1, 0.15) is 17.5 Å². The summed E-state index contributed by atoms with van der Waals surface area (Å²) in [7, 11) is 1.64. The summed E-state index contributed by atoms with van der Waals surface area (Å²) < 4.78 is 18.7. The molecule has 0 amide bonds. The third-order valence-corrected chi connectivity index (χ3v) is 9.38. The van der Waals surface area contributed by atoms with Gasteiger partial charge in [0.2, 0.25) is 5.88 Å². The highest BCUT2D eigenvalue weighted by Gasteiger charge is 2.54. The average molecular weight is 550 g/mol. The van der Waals surface area contributed by atoms with Gasteiger partial charge in [-0.1, -0.05) is 6.07 Å². The van der Waals surface area contributed by atoms with Gasteiger partial charge in [-0.05, 0) is 42.0 Å². The number of rotatable bonds is 8. The maximum Gasteiger partial charge on any atom is 0.212 e. The van der Waals surface area contributed by atoms with Gasteiger partial charge >= 0.3 is 0 Å². The molecule has 1 aliphatic carbocycles. The first-order valence-corrected chi connectivity index (χ1v) is 14.3. The number of pyridine rings is 3. The van der Waals surface area contributed by atoms with Crippen LogP contribution in [0, 0.1) is 29.1 Å². The number of hydrogen-bond donors (Lipinski definition) is 0. The lowest BCUT2D eigenvalue weighted by atomic mass is 9.87. The van der Waals surface area contributed by atoms with Gasteiger partial charge in [0.15, 0.2) is 0 Å². The van der Waals surface area contributed by atoms with Gasteiger partial charge in [0, 0.05) is 67.2 Å². The van der Waals surface area contributed by atoms with Gasteiger partial charge in [0.1, 0.15) is 17.6 Å². The molecule has 4 unspecified atom stereocenters. The Morgan fingerprint density at radius 1 is 1.05 bits per heavy atom. The van der Waals surface area contributed by atoms with Crippen molar-refractivity contribution >= 4 is 11.3 Å². The van der Waals surface area contributed by atoms with E-state index in [0.29, 0.717) is 47.9 Å². The third-order valence-electron chi connectivity index (χ3n) is 9.38. The molecule has 0 spiro atoms. The van der Waals surface area contributed by atoms with Crippen LogP contribution in [0.3, 0.4) is 0 Å². The molecule has 0 N–H and O–H groups in total. The minimum atomic E-state index is 0.508. The van der Waals surface area contributed by atoms with Gasteiger partial charge in [-0.3, -0.25) is 4.90 Å². The number of ether oxygens (including phenoxy) is 3. The maximum atomic E-state index is 9.74. The highest BCUT2D eigenvalue weighted by atomic mass is 16.5. The first-order valence-electron chi connectivity index (χ1n) is 14.3. The summed E-state index contributed by atoms with van der Waals surface area (Å²) in [5.74, 6) is 4.21. The second-order valence-corrected chi connectivity index (χ2v) is 11.6. The van der Waals surface area contributed by atoms with Crippen LogP contribution in [0.2, 0.25) is 0 Å². The number of nitrogens with zero attached hydrogens (tertiary/aromatic N) is 7. The van der Waals surface area contributed by atoms with Crippen LogP contribution in [0.15, 0.2) is 55.1 Å². The quantitative estimate of drug-likeness (QED) is 0.327. The summed E-state index contributed by atoms with van der Waals surface area (Å²) in [6, 6.07) is 13.5. The zero-order valence-corrected chi connectivity index (χ0v) is 22.9. The smallest absolute Gasteiger partial charge is 0.212 e. The fourth-order valence-electron chi connectivity index (χ4n) is 6.98. The van der Waals surface area contributed by atoms with Gasteiger partial charge in [-0.2, -0.15) is 10.4 Å². The van der Waals surface area contributed by atoms with Crippen molar-refractivity contribution in [1.82, 2.24) is 24.5 Å². The molecule has 4 aliphatic heterocycles. The van der Waals surface area contributed by atoms with Gasteiger partial charge < -0.3 is 19.1 Å². The summed E-state index contributed by atoms with van der Waals surface area (Å²) in [5.41, 5.74) is 4.35. The largest absolute Gasteiger partial charge is 0.492 e. The van der Waals surface area contributed by atoms with Gasteiger partial charge in [-0.15, -0.1) is 0 Å². The van der Waals surface area contributed by atoms with Crippen LogP contribution in [-0.2, 0) is 11.3 Å². The van der Waals surface area contributed by atoms with E-state index in [1.54, 1.807) is 17.8 Å². The van der Waals surface area contributed by atoms with Crippen molar-refractivity contribution in [3.05, 3.63) is 66.2 Å². The van der Waals surface area contributed by atoms with E-state index in [9.17, 15) is 5.26 Å². The van der Waals surface area contributed by atoms with E-state index in [2.05, 4.69) is 44.2 Å². The average Bonchev–Trinajstić information content (AvgIpc) is 3.32. The van der Waals surface area contributed by atoms with Crippen LogP contribution >= 0.6 is 0 Å². The molecule has 4 atom stereocenters. The van der Waals surface area contributed by atoms with E-state index in [-0.39, 0.29) is 0 Å². The summed E-state index contributed by atoms with van der Waals surface area (Å²) in [5, 5.41) is 14.2. The number of aromatic nitrogens is 4. The number of methoxy groups -OCH3 is 1. The zero-order valence-electron chi connectivity index (χ0n) is 22.9. The van der Waals surface area contributed by atoms with Crippen molar-refractivity contribution < 1.29 is 14.2 Å². The van der Waals surface area contributed by atoms with Crippen molar-refractivity contribution in [3.63, 3.8) is 0 Å². The molecule has 4 aromatic heterocycles. The van der Waals surface area contributed by atoms with E-state index in [1.807, 2.05) is 30.7 Å². The Kier molecular flexibility index (Phi) is 5.83. The lowest BCUT2D eigenvalue weighted by molar-refractivity contribution is -0.00876. The molecule has 0 aromatic carbocycles. The van der Waals surface area contributed by atoms with Crippen molar-refractivity contribution in [2.24, 2.45) is 17.8 Å². The predicted molar refractivity (Wildman–Crippen MR) is 151 cm³/mol. The van der Waals surface area contributed by atoms with E-state index in [0.717, 1.165) is 61.1 Å². The molecule has 4 aromatic rings. The molecule has 208 valence electrons. The number of piperidine rings is 1. The zero-order chi connectivity index (χ0) is 27.5. The molecular weight excluding hydrogens is 518 g/mol. The Balaban J connectivity index is 0.984. The summed E-state index contributed by atoms with van der Waals surface area (Å²) in [4.78, 5) is 14.2.